The Labute approximate surface area is 172 Å². The summed E-state index contributed by atoms with van der Waals surface area (Å²) in [4.78, 5) is 24.9. The summed E-state index contributed by atoms with van der Waals surface area (Å²) in [5.41, 5.74) is 3.09. The maximum absolute atomic E-state index is 12.5. The first-order chi connectivity index (χ1) is 14.0. The van der Waals surface area contributed by atoms with Crippen molar-refractivity contribution in [3.63, 3.8) is 0 Å². The van der Waals surface area contributed by atoms with Gasteiger partial charge in [-0.2, -0.15) is 0 Å². The van der Waals surface area contributed by atoms with Crippen molar-refractivity contribution in [3.8, 4) is 0 Å². The van der Waals surface area contributed by atoms with E-state index in [-0.39, 0.29) is 17.6 Å². The molecule has 0 atom stereocenters. The average molecular weight is 405 g/mol. The van der Waals surface area contributed by atoms with Crippen molar-refractivity contribution in [1.82, 2.24) is 0 Å². The van der Waals surface area contributed by atoms with Gasteiger partial charge in [0.2, 0.25) is 0 Å². The monoisotopic (exact) mass is 404 g/mol. The number of carbonyl (C=O) groups is 2. The van der Waals surface area contributed by atoms with Gasteiger partial charge < -0.3 is 15.1 Å². The molecule has 0 aliphatic carbocycles. The molecule has 4 rings (SSSR count). The zero-order valence-electron chi connectivity index (χ0n) is 15.5. The molecule has 144 valence electrons. The highest BCUT2D eigenvalue weighted by Gasteiger charge is 2.14. The topological polar surface area (TPSA) is 71.3 Å². The van der Waals surface area contributed by atoms with Crippen LogP contribution >= 0.6 is 11.6 Å². The maximum Gasteiger partial charge on any atom is 0.291 e. The van der Waals surface area contributed by atoms with Crippen LogP contribution in [0.15, 0.2) is 77.2 Å². The van der Waals surface area contributed by atoms with Gasteiger partial charge in [0.1, 0.15) is 5.58 Å². The lowest BCUT2D eigenvalue weighted by molar-refractivity contribution is 0.0996. The van der Waals surface area contributed by atoms with Crippen LogP contribution in [0.1, 0.15) is 26.5 Å². The van der Waals surface area contributed by atoms with Crippen molar-refractivity contribution in [2.45, 2.75) is 6.92 Å². The zero-order valence-corrected chi connectivity index (χ0v) is 16.3. The number of furan rings is 1. The van der Waals surface area contributed by atoms with Crippen LogP contribution in [0.3, 0.4) is 0 Å². The van der Waals surface area contributed by atoms with Gasteiger partial charge in [0, 0.05) is 16.8 Å². The molecule has 0 spiro atoms. The summed E-state index contributed by atoms with van der Waals surface area (Å²) in [6.45, 7) is 1.85. The Hall–Kier alpha value is -3.57. The van der Waals surface area contributed by atoms with E-state index >= 15 is 0 Å². The summed E-state index contributed by atoms with van der Waals surface area (Å²) in [7, 11) is 0. The van der Waals surface area contributed by atoms with Crippen molar-refractivity contribution in [2.24, 2.45) is 0 Å². The fourth-order valence-corrected chi connectivity index (χ4v) is 3.22. The Bertz CT molecular complexity index is 1200. The number of hydrogen-bond donors (Lipinski definition) is 2. The predicted octanol–water partition coefficient (Wildman–Crippen LogP) is 5.90. The molecule has 0 bridgehead atoms. The molecular formula is C23H17ClN2O3. The van der Waals surface area contributed by atoms with E-state index in [4.69, 9.17) is 16.0 Å². The molecule has 4 aromatic rings. The van der Waals surface area contributed by atoms with E-state index in [1.165, 1.54) is 0 Å². The van der Waals surface area contributed by atoms with Crippen molar-refractivity contribution in [3.05, 3.63) is 94.7 Å². The van der Waals surface area contributed by atoms with Crippen molar-refractivity contribution in [1.29, 1.82) is 0 Å². The highest BCUT2D eigenvalue weighted by atomic mass is 35.5. The number of para-hydroxylation sites is 1. The van der Waals surface area contributed by atoms with Gasteiger partial charge >= 0.3 is 0 Å². The Morgan fingerprint density at radius 1 is 0.862 bits per heavy atom. The number of fused-ring (bicyclic) bond motifs is 1. The summed E-state index contributed by atoms with van der Waals surface area (Å²) in [5.74, 6) is -0.395. The van der Waals surface area contributed by atoms with E-state index in [0.717, 1.165) is 10.9 Å². The fourth-order valence-electron chi connectivity index (χ4n) is 3.00. The first kappa shape index (κ1) is 18.8. The Balaban J connectivity index is 1.49. The number of halogens is 1. The van der Waals surface area contributed by atoms with Crippen molar-refractivity contribution >= 4 is 45.8 Å². The lowest BCUT2D eigenvalue weighted by atomic mass is 10.1. The minimum Gasteiger partial charge on any atom is -0.451 e. The molecule has 1 heterocycles. The second-order valence-electron chi connectivity index (χ2n) is 6.57. The smallest absolute Gasteiger partial charge is 0.291 e. The van der Waals surface area contributed by atoms with Crippen LogP contribution < -0.4 is 10.6 Å². The second kappa shape index (κ2) is 7.81. The van der Waals surface area contributed by atoms with Crippen LogP contribution in [0.5, 0.6) is 0 Å². The Kier molecular flexibility index (Phi) is 5.06. The zero-order chi connectivity index (χ0) is 20.4. The first-order valence-electron chi connectivity index (χ1n) is 8.98. The molecule has 1 aromatic heterocycles. The van der Waals surface area contributed by atoms with E-state index in [1.54, 1.807) is 48.5 Å². The summed E-state index contributed by atoms with van der Waals surface area (Å²) < 4.78 is 5.60. The van der Waals surface area contributed by atoms with Crippen LogP contribution in [0, 0.1) is 6.92 Å². The lowest BCUT2D eigenvalue weighted by Gasteiger charge is -2.11. The highest BCUT2D eigenvalue weighted by Crippen LogP contribution is 2.24. The van der Waals surface area contributed by atoms with Crippen LogP contribution in [-0.4, -0.2) is 11.8 Å². The van der Waals surface area contributed by atoms with Gasteiger partial charge in [-0.3, -0.25) is 9.59 Å². The second-order valence-corrected chi connectivity index (χ2v) is 6.97. The van der Waals surface area contributed by atoms with Crippen molar-refractivity contribution < 1.29 is 14.0 Å². The van der Waals surface area contributed by atoms with E-state index in [9.17, 15) is 9.59 Å². The molecule has 0 aliphatic rings. The first-order valence-corrected chi connectivity index (χ1v) is 9.35. The quantitative estimate of drug-likeness (QED) is 0.445. The number of rotatable bonds is 4. The number of anilines is 2. The van der Waals surface area contributed by atoms with Gasteiger partial charge in [0.25, 0.3) is 11.8 Å². The molecular weight excluding hydrogens is 388 g/mol. The number of carbonyl (C=O) groups excluding carboxylic acids is 2. The number of benzene rings is 3. The summed E-state index contributed by atoms with van der Waals surface area (Å²) in [5, 5.41) is 6.91. The summed E-state index contributed by atoms with van der Waals surface area (Å²) in [6, 6.07) is 21.2. The summed E-state index contributed by atoms with van der Waals surface area (Å²) >= 11 is 6.07. The molecule has 0 unspecified atom stereocenters. The van der Waals surface area contributed by atoms with Gasteiger partial charge in [-0.05, 0) is 55.0 Å². The molecule has 6 heteroatoms. The molecule has 3 aromatic carbocycles. The number of aryl methyl sites for hydroxylation is 1. The van der Waals surface area contributed by atoms with Crippen LogP contribution in [-0.2, 0) is 0 Å². The normalized spacial score (nSPS) is 10.7. The average Bonchev–Trinajstić information content (AvgIpc) is 3.15. The van der Waals surface area contributed by atoms with Gasteiger partial charge in [-0.15, -0.1) is 0 Å². The maximum atomic E-state index is 12.5. The van der Waals surface area contributed by atoms with Crippen molar-refractivity contribution in [2.75, 3.05) is 10.6 Å². The van der Waals surface area contributed by atoms with Crippen LogP contribution in [0.2, 0.25) is 5.02 Å². The van der Waals surface area contributed by atoms with E-state index in [1.807, 2.05) is 31.2 Å². The van der Waals surface area contributed by atoms with Crippen LogP contribution in [0.25, 0.3) is 11.0 Å². The van der Waals surface area contributed by atoms with Gasteiger partial charge in [0.05, 0.1) is 10.6 Å². The molecule has 0 radical (unpaired) electrons. The third kappa shape index (κ3) is 4.00. The predicted molar refractivity (Wildman–Crippen MR) is 115 cm³/mol. The minimum absolute atomic E-state index is 0.238. The molecule has 5 nitrogen and oxygen atoms in total. The largest absolute Gasteiger partial charge is 0.451 e. The van der Waals surface area contributed by atoms with E-state index < -0.39 is 0 Å². The number of nitrogens with one attached hydrogen (secondary N) is 2. The molecule has 0 fully saturated rings. The molecule has 2 amide bonds. The fraction of sp³-hybridized carbons (Fsp3) is 0.0435. The van der Waals surface area contributed by atoms with Gasteiger partial charge in [0.15, 0.2) is 5.76 Å². The minimum atomic E-state index is -0.336. The lowest BCUT2D eigenvalue weighted by Crippen LogP contribution is -2.14. The molecule has 0 saturated carbocycles. The molecule has 2 N–H and O–H groups in total. The van der Waals surface area contributed by atoms with E-state index in [2.05, 4.69) is 10.6 Å². The van der Waals surface area contributed by atoms with Gasteiger partial charge in [-0.1, -0.05) is 41.9 Å². The number of hydrogen-bond acceptors (Lipinski definition) is 3. The number of amides is 2. The standard InChI is InChI=1S/C23H17ClN2O3/c1-14-12-16(25-22(27)17-7-3-4-8-18(17)24)10-11-19(14)26-23(28)21-13-15-6-2-5-9-20(15)29-21/h2-13H,1H3,(H,25,27)(H,26,28). The SMILES string of the molecule is Cc1cc(NC(=O)c2ccccc2Cl)ccc1NC(=O)c1cc2ccccc2o1. The molecule has 0 saturated heterocycles. The molecule has 29 heavy (non-hydrogen) atoms. The Morgan fingerprint density at radius 3 is 2.38 bits per heavy atom. The van der Waals surface area contributed by atoms with Gasteiger partial charge in [-0.25, -0.2) is 0 Å². The Morgan fingerprint density at radius 2 is 1.62 bits per heavy atom. The summed E-state index contributed by atoms with van der Waals surface area (Å²) in [6.07, 6.45) is 0. The third-order valence-electron chi connectivity index (χ3n) is 4.50. The molecule has 0 aliphatic heterocycles. The van der Waals surface area contributed by atoms with Crippen LogP contribution in [0.4, 0.5) is 11.4 Å². The third-order valence-corrected chi connectivity index (χ3v) is 4.83. The van der Waals surface area contributed by atoms with E-state index in [0.29, 0.717) is 27.5 Å². The highest BCUT2D eigenvalue weighted by molar-refractivity contribution is 6.34.